The number of nitrogens with one attached hydrogen (secondary N) is 2. The Morgan fingerprint density at radius 1 is 1.22 bits per heavy atom. The molecule has 1 atom stereocenters. The highest BCUT2D eigenvalue weighted by Crippen LogP contribution is 2.23. The third-order valence-corrected chi connectivity index (χ3v) is 4.22. The fourth-order valence-corrected chi connectivity index (χ4v) is 3.01. The zero-order chi connectivity index (χ0) is 16.8. The van der Waals surface area contributed by atoms with E-state index in [0.29, 0.717) is 18.0 Å². The molecule has 0 saturated heterocycles. The molecule has 0 bridgehead atoms. The normalized spacial score (nSPS) is 12.0. The van der Waals surface area contributed by atoms with Crippen molar-refractivity contribution in [2.75, 3.05) is 7.05 Å². The lowest BCUT2D eigenvalue weighted by Crippen LogP contribution is -2.46. The molecular formula is C17H21N3O2S. The summed E-state index contributed by atoms with van der Waals surface area (Å²) in [5.74, 6) is -0.212. The first-order chi connectivity index (χ1) is 11.0. The first kappa shape index (κ1) is 17.1. The Bertz CT molecular complexity index is 667. The summed E-state index contributed by atoms with van der Waals surface area (Å²) in [6.45, 7) is 4.02. The number of likely N-dealkylation sites (N-methyl/N-ethyl adjacent to an activating group) is 1. The molecule has 1 heterocycles. The third-order valence-electron chi connectivity index (χ3n) is 3.33. The maximum absolute atomic E-state index is 12.4. The van der Waals surface area contributed by atoms with E-state index in [1.807, 2.05) is 44.2 Å². The van der Waals surface area contributed by atoms with Gasteiger partial charge in [-0.3, -0.25) is 9.59 Å². The summed E-state index contributed by atoms with van der Waals surface area (Å²) >= 11 is 1.41. The zero-order valence-corrected chi connectivity index (χ0v) is 14.3. The summed E-state index contributed by atoms with van der Waals surface area (Å²) in [5, 5.41) is 7.86. The van der Waals surface area contributed by atoms with Crippen molar-refractivity contribution >= 4 is 23.2 Å². The first-order valence-corrected chi connectivity index (χ1v) is 8.42. The standard InChI is InChI=1S/C17H21N3O2S/c1-11(2)9-13(15(21)18-3)19-16(22)14-10-23-17(20-14)12-7-5-4-6-8-12/h4-8,10-11,13H,9H2,1-3H3,(H,18,21)(H,19,22). The molecule has 122 valence electrons. The third kappa shape index (κ3) is 4.63. The second kappa shape index (κ2) is 7.87. The maximum Gasteiger partial charge on any atom is 0.271 e. The van der Waals surface area contributed by atoms with E-state index < -0.39 is 6.04 Å². The molecule has 6 heteroatoms. The molecular weight excluding hydrogens is 310 g/mol. The van der Waals surface area contributed by atoms with E-state index in [2.05, 4.69) is 15.6 Å². The molecule has 1 aromatic heterocycles. The van der Waals surface area contributed by atoms with Crippen molar-refractivity contribution in [1.29, 1.82) is 0 Å². The van der Waals surface area contributed by atoms with Gasteiger partial charge in [0.15, 0.2) is 0 Å². The van der Waals surface area contributed by atoms with Gasteiger partial charge in [0, 0.05) is 18.0 Å². The average molecular weight is 331 g/mol. The van der Waals surface area contributed by atoms with Gasteiger partial charge in [-0.25, -0.2) is 4.98 Å². The van der Waals surface area contributed by atoms with Gasteiger partial charge in [-0.05, 0) is 12.3 Å². The van der Waals surface area contributed by atoms with Crippen LogP contribution in [0.25, 0.3) is 10.6 Å². The molecule has 0 spiro atoms. The van der Waals surface area contributed by atoms with E-state index in [4.69, 9.17) is 0 Å². The van der Waals surface area contributed by atoms with Crippen molar-refractivity contribution in [3.05, 3.63) is 41.4 Å². The van der Waals surface area contributed by atoms with E-state index in [-0.39, 0.29) is 11.8 Å². The maximum atomic E-state index is 12.4. The van der Waals surface area contributed by atoms with Crippen LogP contribution in [0.1, 0.15) is 30.8 Å². The number of hydrogen-bond donors (Lipinski definition) is 2. The minimum Gasteiger partial charge on any atom is -0.357 e. The van der Waals surface area contributed by atoms with Gasteiger partial charge in [0.2, 0.25) is 5.91 Å². The molecule has 23 heavy (non-hydrogen) atoms. The van der Waals surface area contributed by atoms with Gasteiger partial charge in [0.1, 0.15) is 16.7 Å². The number of benzene rings is 1. The van der Waals surface area contributed by atoms with Crippen LogP contribution in [0.2, 0.25) is 0 Å². The highest BCUT2D eigenvalue weighted by Gasteiger charge is 2.22. The van der Waals surface area contributed by atoms with Crippen molar-refractivity contribution in [3.8, 4) is 10.6 Å². The second-order valence-corrected chi connectivity index (χ2v) is 6.53. The Labute approximate surface area is 140 Å². The zero-order valence-electron chi connectivity index (χ0n) is 13.5. The molecule has 2 aromatic rings. The van der Waals surface area contributed by atoms with E-state index in [1.54, 1.807) is 12.4 Å². The lowest BCUT2D eigenvalue weighted by Gasteiger charge is -2.18. The van der Waals surface area contributed by atoms with E-state index in [0.717, 1.165) is 10.6 Å². The summed E-state index contributed by atoms with van der Waals surface area (Å²) in [7, 11) is 1.57. The molecule has 1 unspecified atom stereocenters. The number of rotatable bonds is 6. The van der Waals surface area contributed by atoms with Gasteiger partial charge in [0.05, 0.1) is 0 Å². The highest BCUT2D eigenvalue weighted by atomic mass is 32.1. The topological polar surface area (TPSA) is 71.1 Å². The number of carbonyl (C=O) groups excluding carboxylic acids is 2. The molecule has 1 aromatic carbocycles. The molecule has 5 nitrogen and oxygen atoms in total. The average Bonchev–Trinajstić information content (AvgIpc) is 3.04. The van der Waals surface area contributed by atoms with Crippen molar-refractivity contribution < 1.29 is 9.59 Å². The summed E-state index contributed by atoms with van der Waals surface area (Å²) in [6, 6.07) is 9.15. The lowest BCUT2D eigenvalue weighted by atomic mass is 10.0. The van der Waals surface area contributed by atoms with Crippen LogP contribution < -0.4 is 10.6 Å². The van der Waals surface area contributed by atoms with Gasteiger partial charge < -0.3 is 10.6 Å². The summed E-state index contributed by atoms with van der Waals surface area (Å²) in [6.07, 6.45) is 0.584. The smallest absolute Gasteiger partial charge is 0.271 e. The number of amides is 2. The molecule has 2 N–H and O–H groups in total. The largest absolute Gasteiger partial charge is 0.357 e. The van der Waals surface area contributed by atoms with Crippen LogP contribution in [0.5, 0.6) is 0 Å². The van der Waals surface area contributed by atoms with Crippen molar-refractivity contribution in [2.45, 2.75) is 26.3 Å². The molecule has 0 aliphatic heterocycles. The molecule has 0 aliphatic rings. The Kier molecular flexibility index (Phi) is 5.87. The summed E-state index contributed by atoms with van der Waals surface area (Å²) in [5.41, 5.74) is 1.31. The Hall–Kier alpha value is -2.21. The number of hydrogen-bond acceptors (Lipinski definition) is 4. The van der Waals surface area contributed by atoms with E-state index in [9.17, 15) is 9.59 Å². The molecule has 0 radical (unpaired) electrons. The van der Waals surface area contributed by atoms with E-state index in [1.165, 1.54) is 11.3 Å². The number of carbonyl (C=O) groups is 2. The van der Waals surface area contributed by atoms with Gasteiger partial charge in [-0.15, -0.1) is 11.3 Å². The summed E-state index contributed by atoms with van der Waals surface area (Å²) in [4.78, 5) is 28.6. The predicted molar refractivity (Wildman–Crippen MR) is 92.3 cm³/mol. The van der Waals surface area contributed by atoms with Gasteiger partial charge in [-0.1, -0.05) is 44.2 Å². The van der Waals surface area contributed by atoms with E-state index >= 15 is 0 Å². The number of nitrogens with zero attached hydrogens (tertiary/aromatic N) is 1. The number of thiazole rings is 1. The minimum atomic E-state index is -0.547. The van der Waals surface area contributed by atoms with Crippen LogP contribution >= 0.6 is 11.3 Å². The molecule has 0 fully saturated rings. The van der Waals surface area contributed by atoms with Crippen LogP contribution in [-0.4, -0.2) is 29.9 Å². The van der Waals surface area contributed by atoms with Crippen LogP contribution in [0.15, 0.2) is 35.7 Å². The first-order valence-electron chi connectivity index (χ1n) is 7.54. The molecule has 0 saturated carbocycles. The quantitative estimate of drug-likeness (QED) is 0.855. The predicted octanol–water partition coefficient (Wildman–Crippen LogP) is 2.70. The Balaban J connectivity index is 2.11. The van der Waals surface area contributed by atoms with Gasteiger partial charge in [-0.2, -0.15) is 0 Å². The van der Waals surface area contributed by atoms with Crippen LogP contribution in [0.4, 0.5) is 0 Å². The summed E-state index contributed by atoms with van der Waals surface area (Å²) < 4.78 is 0. The number of aromatic nitrogens is 1. The molecule has 0 aliphatic carbocycles. The van der Waals surface area contributed by atoms with Crippen molar-refractivity contribution in [2.24, 2.45) is 5.92 Å². The van der Waals surface area contributed by atoms with Crippen LogP contribution in [-0.2, 0) is 4.79 Å². The lowest BCUT2D eigenvalue weighted by molar-refractivity contribution is -0.122. The fourth-order valence-electron chi connectivity index (χ4n) is 2.20. The molecule has 2 rings (SSSR count). The minimum absolute atomic E-state index is 0.189. The van der Waals surface area contributed by atoms with Crippen LogP contribution in [0, 0.1) is 5.92 Å². The Morgan fingerprint density at radius 2 is 1.91 bits per heavy atom. The van der Waals surface area contributed by atoms with Gasteiger partial charge >= 0.3 is 0 Å². The van der Waals surface area contributed by atoms with Crippen molar-refractivity contribution in [3.63, 3.8) is 0 Å². The van der Waals surface area contributed by atoms with Gasteiger partial charge in [0.25, 0.3) is 5.91 Å². The van der Waals surface area contributed by atoms with Crippen LogP contribution in [0.3, 0.4) is 0 Å². The highest BCUT2D eigenvalue weighted by molar-refractivity contribution is 7.13. The van der Waals surface area contributed by atoms with Crippen molar-refractivity contribution in [1.82, 2.24) is 15.6 Å². The molecule has 2 amide bonds. The second-order valence-electron chi connectivity index (χ2n) is 5.67. The SMILES string of the molecule is CNC(=O)C(CC(C)C)NC(=O)c1csc(-c2ccccc2)n1. The fraction of sp³-hybridized carbons (Fsp3) is 0.353. The monoisotopic (exact) mass is 331 g/mol. The Morgan fingerprint density at radius 3 is 2.52 bits per heavy atom.